The summed E-state index contributed by atoms with van der Waals surface area (Å²) in [5, 5.41) is 0.847. The summed E-state index contributed by atoms with van der Waals surface area (Å²) in [4.78, 5) is 15.8. The topological polar surface area (TPSA) is 68.1 Å². The molecule has 0 unspecified atom stereocenters. The van der Waals surface area contributed by atoms with Crippen LogP contribution in [-0.2, 0) is 0 Å². The van der Waals surface area contributed by atoms with Gasteiger partial charge in [-0.2, -0.15) is 0 Å². The molecule has 4 nitrogen and oxygen atoms in total. The maximum Gasteiger partial charge on any atom is 0.195 e. The summed E-state index contributed by atoms with van der Waals surface area (Å²) in [5.74, 6) is 0.671. The highest BCUT2D eigenvalue weighted by atomic mass is 16.5. The van der Waals surface area contributed by atoms with Crippen molar-refractivity contribution in [2.45, 2.75) is 6.92 Å². The molecule has 0 fully saturated rings. The van der Waals surface area contributed by atoms with Crippen LogP contribution in [0.1, 0.15) is 21.5 Å². The highest BCUT2D eigenvalue weighted by Gasteiger charge is 2.15. The third-order valence-corrected chi connectivity index (χ3v) is 3.50. The zero-order valence-electron chi connectivity index (χ0n) is 11.9. The summed E-state index contributed by atoms with van der Waals surface area (Å²) >= 11 is 0. The largest absolute Gasteiger partial charge is 0.497 e. The molecule has 0 spiro atoms. The van der Waals surface area contributed by atoms with Gasteiger partial charge in [0.2, 0.25) is 0 Å². The molecule has 3 N–H and O–H groups in total. The van der Waals surface area contributed by atoms with Crippen LogP contribution in [0.4, 0.5) is 5.69 Å². The standard InChI is InChI=1S/C17H16N2O2/c1-10-5-11(7-12(18)6-10)17(20)15-9-19-16-4-3-13(21-2)8-14(15)16/h3-9,19H,18H2,1-2H3. The van der Waals surface area contributed by atoms with Crippen LogP contribution in [0.3, 0.4) is 0 Å². The molecule has 0 bridgehead atoms. The number of benzene rings is 2. The smallest absolute Gasteiger partial charge is 0.195 e. The number of ketones is 1. The molecule has 4 heteroatoms. The van der Waals surface area contributed by atoms with E-state index in [9.17, 15) is 4.79 Å². The predicted octanol–water partition coefficient (Wildman–Crippen LogP) is 3.30. The zero-order valence-corrected chi connectivity index (χ0v) is 11.9. The number of aryl methyl sites for hydroxylation is 1. The molecule has 0 aliphatic rings. The maximum atomic E-state index is 12.7. The molecule has 0 saturated carbocycles. The van der Waals surface area contributed by atoms with Crippen molar-refractivity contribution in [3.63, 3.8) is 0 Å². The number of carbonyl (C=O) groups excluding carboxylic acids is 1. The fourth-order valence-electron chi connectivity index (χ4n) is 2.51. The second kappa shape index (κ2) is 4.98. The van der Waals surface area contributed by atoms with Gasteiger partial charge in [0.1, 0.15) is 5.75 Å². The van der Waals surface area contributed by atoms with Crippen molar-refractivity contribution in [2.75, 3.05) is 12.8 Å². The number of methoxy groups -OCH3 is 1. The Labute approximate surface area is 122 Å². The number of hydrogen-bond donors (Lipinski definition) is 2. The summed E-state index contributed by atoms with van der Waals surface area (Å²) in [5.41, 5.74) is 9.51. The molecule has 0 aliphatic heterocycles. The van der Waals surface area contributed by atoms with Gasteiger partial charge >= 0.3 is 0 Å². The van der Waals surface area contributed by atoms with Crippen LogP contribution in [0.5, 0.6) is 5.75 Å². The Balaban J connectivity index is 2.13. The summed E-state index contributed by atoms with van der Waals surface area (Å²) < 4.78 is 5.23. The predicted molar refractivity (Wildman–Crippen MR) is 83.9 cm³/mol. The summed E-state index contributed by atoms with van der Waals surface area (Å²) in [7, 11) is 1.61. The number of rotatable bonds is 3. The van der Waals surface area contributed by atoms with Gasteiger partial charge in [-0.25, -0.2) is 0 Å². The van der Waals surface area contributed by atoms with E-state index in [1.807, 2.05) is 37.3 Å². The quantitative estimate of drug-likeness (QED) is 0.571. The van der Waals surface area contributed by atoms with E-state index in [2.05, 4.69) is 4.98 Å². The SMILES string of the molecule is COc1ccc2[nH]cc(C(=O)c3cc(C)cc(N)c3)c2c1. The number of nitrogens with two attached hydrogens (primary N) is 1. The van der Waals surface area contributed by atoms with Gasteiger partial charge in [-0.05, 0) is 48.9 Å². The van der Waals surface area contributed by atoms with Crippen LogP contribution in [0, 0.1) is 6.92 Å². The summed E-state index contributed by atoms with van der Waals surface area (Å²) in [6.07, 6.45) is 1.73. The maximum absolute atomic E-state index is 12.7. The molecule has 3 rings (SSSR count). The minimum absolute atomic E-state index is 0.0510. The number of anilines is 1. The van der Waals surface area contributed by atoms with E-state index in [0.29, 0.717) is 16.8 Å². The van der Waals surface area contributed by atoms with Crippen molar-refractivity contribution in [1.29, 1.82) is 0 Å². The minimum atomic E-state index is -0.0510. The number of hydrogen-bond acceptors (Lipinski definition) is 3. The average Bonchev–Trinajstić information content (AvgIpc) is 2.88. The first-order valence-electron chi connectivity index (χ1n) is 6.65. The van der Waals surface area contributed by atoms with Gasteiger partial charge in [-0.3, -0.25) is 4.79 Å². The second-order valence-electron chi connectivity index (χ2n) is 5.08. The number of H-pyrrole nitrogens is 1. The van der Waals surface area contributed by atoms with Crippen LogP contribution in [0.25, 0.3) is 10.9 Å². The van der Waals surface area contributed by atoms with E-state index in [1.165, 1.54) is 0 Å². The molecular formula is C17H16N2O2. The highest BCUT2D eigenvalue weighted by Crippen LogP contribution is 2.26. The Hall–Kier alpha value is -2.75. The van der Waals surface area contributed by atoms with Gasteiger partial charge in [-0.15, -0.1) is 0 Å². The molecule has 1 heterocycles. The Morgan fingerprint density at radius 3 is 2.71 bits per heavy atom. The lowest BCUT2D eigenvalue weighted by atomic mass is 10.0. The van der Waals surface area contributed by atoms with Crippen LogP contribution in [0.2, 0.25) is 0 Å². The molecule has 3 aromatic rings. The van der Waals surface area contributed by atoms with E-state index in [1.54, 1.807) is 19.4 Å². The van der Waals surface area contributed by atoms with Gasteiger partial charge in [0, 0.05) is 33.9 Å². The van der Waals surface area contributed by atoms with E-state index in [4.69, 9.17) is 10.5 Å². The Bertz CT molecular complexity index is 814. The van der Waals surface area contributed by atoms with Crippen molar-refractivity contribution in [3.05, 3.63) is 59.3 Å². The van der Waals surface area contributed by atoms with Crippen molar-refractivity contribution in [3.8, 4) is 5.75 Å². The van der Waals surface area contributed by atoms with E-state index in [0.717, 1.165) is 22.2 Å². The first-order valence-corrected chi connectivity index (χ1v) is 6.65. The van der Waals surface area contributed by atoms with Crippen LogP contribution in [0.15, 0.2) is 42.6 Å². The first kappa shape index (κ1) is 13.2. The second-order valence-corrected chi connectivity index (χ2v) is 5.08. The van der Waals surface area contributed by atoms with Gasteiger partial charge in [0.15, 0.2) is 5.78 Å². The van der Waals surface area contributed by atoms with E-state index in [-0.39, 0.29) is 5.78 Å². The average molecular weight is 280 g/mol. The minimum Gasteiger partial charge on any atom is -0.497 e. The van der Waals surface area contributed by atoms with Crippen LogP contribution in [-0.4, -0.2) is 17.9 Å². The van der Waals surface area contributed by atoms with Gasteiger partial charge in [0.05, 0.1) is 7.11 Å². The molecule has 0 atom stereocenters. The number of nitrogen functional groups attached to an aromatic ring is 1. The molecule has 2 aromatic carbocycles. The Morgan fingerprint density at radius 1 is 1.19 bits per heavy atom. The van der Waals surface area contributed by atoms with Gasteiger partial charge in [-0.1, -0.05) is 0 Å². The van der Waals surface area contributed by atoms with Crippen LogP contribution < -0.4 is 10.5 Å². The van der Waals surface area contributed by atoms with Crippen molar-refractivity contribution < 1.29 is 9.53 Å². The lowest BCUT2D eigenvalue weighted by Crippen LogP contribution is -2.02. The number of ether oxygens (including phenoxy) is 1. The molecular weight excluding hydrogens is 264 g/mol. The molecule has 106 valence electrons. The molecule has 0 amide bonds. The molecule has 0 radical (unpaired) electrons. The molecule has 0 aliphatic carbocycles. The van der Waals surface area contributed by atoms with Gasteiger partial charge in [0.25, 0.3) is 0 Å². The number of nitrogens with one attached hydrogen (secondary N) is 1. The lowest BCUT2D eigenvalue weighted by molar-refractivity contribution is 0.104. The zero-order chi connectivity index (χ0) is 15.0. The fourth-order valence-corrected chi connectivity index (χ4v) is 2.51. The summed E-state index contributed by atoms with van der Waals surface area (Å²) in [6.45, 7) is 1.92. The number of aromatic amines is 1. The Morgan fingerprint density at radius 2 is 2.00 bits per heavy atom. The number of aromatic nitrogens is 1. The van der Waals surface area contributed by atoms with E-state index < -0.39 is 0 Å². The van der Waals surface area contributed by atoms with Crippen molar-refractivity contribution in [2.24, 2.45) is 0 Å². The first-order chi connectivity index (χ1) is 10.1. The molecule has 1 aromatic heterocycles. The lowest BCUT2D eigenvalue weighted by Gasteiger charge is -2.04. The normalized spacial score (nSPS) is 10.8. The van der Waals surface area contributed by atoms with Crippen LogP contribution >= 0.6 is 0 Å². The van der Waals surface area contributed by atoms with Gasteiger partial charge < -0.3 is 15.5 Å². The molecule has 0 saturated heterocycles. The van der Waals surface area contributed by atoms with Crippen molar-refractivity contribution in [1.82, 2.24) is 4.98 Å². The monoisotopic (exact) mass is 280 g/mol. The molecule has 21 heavy (non-hydrogen) atoms. The third-order valence-electron chi connectivity index (χ3n) is 3.50. The van der Waals surface area contributed by atoms with Crippen molar-refractivity contribution >= 4 is 22.4 Å². The number of carbonyl (C=O) groups is 1. The third kappa shape index (κ3) is 2.36. The Kier molecular flexibility index (Phi) is 3.14. The number of fused-ring (bicyclic) bond motifs is 1. The fraction of sp³-hybridized carbons (Fsp3) is 0.118. The van der Waals surface area contributed by atoms with E-state index >= 15 is 0 Å². The highest BCUT2D eigenvalue weighted by molar-refractivity contribution is 6.16. The summed E-state index contributed by atoms with van der Waals surface area (Å²) in [6, 6.07) is 11.0.